The summed E-state index contributed by atoms with van der Waals surface area (Å²) in [6.45, 7) is 10.2. The van der Waals surface area contributed by atoms with E-state index in [0.717, 1.165) is 6.42 Å². The molecule has 0 aromatic carbocycles. The van der Waals surface area contributed by atoms with Crippen molar-refractivity contribution in [3.8, 4) is 0 Å². The van der Waals surface area contributed by atoms with Gasteiger partial charge in [-0.2, -0.15) is 0 Å². The Morgan fingerprint density at radius 3 is 2.40 bits per heavy atom. The van der Waals surface area contributed by atoms with Crippen LogP contribution in [0.5, 0.6) is 0 Å². The van der Waals surface area contributed by atoms with Crippen LogP contribution < -0.4 is 5.32 Å². The van der Waals surface area contributed by atoms with Crippen LogP contribution in [-0.2, 0) is 14.3 Å². The van der Waals surface area contributed by atoms with Gasteiger partial charge in [0.2, 0.25) is 5.91 Å². The predicted octanol–water partition coefficient (Wildman–Crippen LogP) is 2.20. The molecule has 2 atom stereocenters. The molecule has 0 heterocycles. The van der Waals surface area contributed by atoms with Crippen LogP contribution in [0.3, 0.4) is 0 Å². The summed E-state index contributed by atoms with van der Waals surface area (Å²) in [5.41, 5.74) is -1.82. The van der Waals surface area contributed by atoms with E-state index in [4.69, 9.17) is 4.74 Å². The SMILES string of the molecule is CCOC1CC(NC(=O)CCC(C)C)(C(=O)O)C1(C)C. The van der Waals surface area contributed by atoms with Gasteiger partial charge in [-0.1, -0.05) is 27.7 Å². The summed E-state index contributed by atoms with van der Waals surface area (Å²) < 4.78 is 5.56. The molecule has 2 unspecified atom stereocenters. The molecule has 1 fully saturated rings. The van der Waals surface area contributed by atoms with Gasteiger partial charge in [-0.25, -0.2) is 4.79 Å². The fourth-order valence-corrected chi connectivity index (χ4v) is 2.76. The number of carbonyl (C=O) groups is 2. The van der Waals surface area contributed by atoms with Crippen LogP contribution in [0.25, 0.3) is 0 Å². The van der Waals surface area contributed by atoms with Crippen molar-refractivity contribution in [2.24, 2.45) is 11.3 Å². The van der Waals surface area contributed by atoms with Gasteiger partial charge in [0.1, 0.15) is 5.54 Å². The second kappa shape index (κ2) is 6.12. The first-order valence-corrected chi connectivity index (χ1v) is 7.33. The van der Waals surface area contributed by atoms with Crippen LogP contribution in [0.15, 0.2) is 0 Å². The maximum atomic E-state index is 12.0. The highest BCUT2D eigenvalue weighted by atomic mass is 16.5. The average Bonchev–Trinajstić information content (AvgIpc) is 2.34. The van der Waals surface area contributed by atoms with E-state index in [1.807, 2.05) is 34.6 Å². The van der Waals surface area contributed by atoms with Gasteiger partial charge in [0.05, 0.1) is 6.10 Å². The number of hydrogen-bond donors (Lipinski definition) is 2. The molecule has 20 heavy (non-hydrogen) atoms. The fraction of sp³-hybridized carbons (Fsp3) is 0.867. The molecule has 0 aromatic heterocycles. The number of carbonyl (C=O) groups excluding carboxylic acids is 1. The molecule has 2 N–H and O–H groups in total. The third-order valence-corrected chi connectivity index (χ3v) is 4.43. The fourth-order valence-electron chi connectivity index (χ4n) is 2.76. The summed E-state index contributed by atoms with van der Waals surface area (Å²) in [4.78, 5) is 23.7. The minimum Gasteiger partial charge on any atom is -0.479 e. The molecule has 5 heteroatoms. The number of carboxylic acids is 1. The summed E-state index contributed by atoms with van der Waals surface area (Å²) in [5, 5.41) is 12.3. The number of aliphatic carboxylic acids is 1. The Labute approximate surface area is 121 Å². The summed E-state index contributed by atoms with van der Waals surface area (Å²) in [6.07, 6.45) is 1.32. The number of nitrogens with one attached hydrogen (secondary N) is 1. The first-order valence-electron chi connectivity index (χ1n) is 7.33. The molecular formula is C15H27NO4. The third kappa shape index (κ3) is 2.97. The van der Waals surface area contributed by atoms with E-state index < -0.39 is 16.9 Å². The summed E-state index contributed by atoms with van der Waals surface area (Å²) >= 11 is 0. The Balaban J connectivity index is 2.76. The first-order chi connectivity index (χ1) is 9.17. The van der Waals surface area contributed by atoms with E-state index >= 15 is 0 Å². The van der Waals surface area contributed by atoms with Crippen LogP contribution in [0, 0.1) is 11.3 Å². The van der Waals surface area contributed by atoms with Gasteiger partial charge >= 0.3 is 5.97 Å². The smallest absolute Gasteiger partial charge is 0.330 e. The number of amides is 1. The van der Waals surface area contributed by atoms with Crippen molar-refractivity contribution in [1.82, 2.24) is 5.32 Å². The lowest BCUT2D eigenvalue weighted by atomic mass is 9.54. The van der Waals surface area contributed by atoms with Gasteiger partial charge in [-0.05, 0) is 19.3 Å². The summed E-state index contributed by atoms with van der Waals surface area (Å²) in [7, 11) is 0. The number of rotatable bonds is 7. The quantitative estimate of drug-likeness (QED) is 0.752. The zero-order valence-corrected chi connectivity index (χ0v) is 13.2. The maximum Gasteiger partial charge on any atom is 0.330 e. The minimum atomic E-state index is -1.21. The zero-order valence-electron chi connectivity index (χ0n) is 13.2. The maximum absolute atomic E-state index is 12.0. The third-order valence-electron chi connectivity index (χ3n) is 4.43. The van der Waals surface area contributed by atoms with Crippen molar-refractivity contribution < 1.29 is 19.4 Å². The van der Waals surface area contributed by atoms with Crippen LogP contribution >= 0.6 is 0 Å². The van der Waals surface area contributed by atoms with Crippen molar-refractivity contribution in [2.45, 2.75) is 65.5 Å². The zero-order chi connectivity index (χ0) is 15.6. The molecule has 0 spiro atoms. The molecule has 1 saturated carbocycles. The monoisotopic (exact) mass is 285 g/mol. The highest BCUT2D eigenvalue weighted by Crippen LogP contribution is 2.51. The number of ether oxygens (including phenoxy) is 1. The van der Waals surface area contributed by atoms with E-state index in [-0.39, 0.29) is 12.0 Å². The van der Waals surface area contributed by atoms with Crippen molar-refractivity contribution >= 4 is 11.9 Å². The molecule has 5 nitrogen and oxygen atoms in total. The molecule has 1 aliphatic rings. The standard InChI is InChI=1S/C15H27NO4/c1-6-20-11-9-15(13(18)19,14(11,4)5)16-12(17)8-7-10(2)3/h10-11H,6-9H2,1-5H3,(H,16,17)(H,18,19). The van der Waals surface area contributed by atoms with Gasteiger partial charge in [0, 0.05) is 24.9 Å². The largest absolute Gasteiger partial charge is 0.479 e. The highest BCUT2D eigenvalue weighted by Gasteiger charge is 2.66. The Kier molecular flexibility index (Phi) is 5.19. The van der Waals surface area contributed by atoms with Crippen LogP contribution in [0.2, 0.25) is 0 Å². The second-order valence-electron chi connectivity index (χ2n) is 6.56. The molecule has 1 rings (SSSR count). The van der Waals surface area contributed by atoms with E-state index in [1.165, 1.54) is 0 Å². The van der Waals surface area contributed by atoms with Gasteiger partial charge < -0.3 is 15.2 Å². The van der Waals surface area contributed by atoms with E-state index in [9.17, 15) is 14.7 Å². The average molecular weight is 285 g/mol. The molecule has 0 saturated heterocycles. The Morgan fingerprint density at radius 1 is 1.40 bits per heavy atom. The molecule has 0 bridgehead atoms. The number of carboxylic acid groups (broad SMARTS) is 1. The van der Waals surface area contributed by atoms with Crippen LogP contribution in [0.1, 0.15) is 53.9 Å². The molecule has 1 aliphatic carbocycles. The second-order valence-corrected chi connectivity index (χ2v) is 6.56. The normalized spacial score (nSPS) is 28.0. The lowest BCUT2D eigenvalue weighted by Crippen LogP contribution is -2.76. The van der Waals surface area contributed by atoms with Gasteiger partial charge in [-0.3, -0.25) is 4.79 Å². The van der Waals surface area contributed by atoms with Crippen molar-refractivity contribution in [3.63, 3.8) is 0 Å². The van der Waals surface area contributed by atoms with Crippen LogP contribution in [0.4, 0.5) is 0 Å². The summed E-state index contributed by atoms with van der Waals surface area (Å²) in [6, 6.07) is 0. The Bertz CT molecular complexity index is 378. The van der Waals surface area contributed by atoms with Crippen LogP contribution in [-0.4, -0.2) is 35.2 Å². The predicted molar refractivity (Wildman–Crippen MR) is 76.4 cm³/mol. The Morgan fingerprint density at radius 2 is 2.00 bits per heavy atom. The van der Waals surface area contributed by atoms with Gasteiger partial charge in [0.15, 0.2) is 0 Å². The first kappa shape index (κ1) is 17.0. The molecule has 0 radical (unpaired) electrons. The lowest BCUT2D eigenvalue weighted by Gasteiger charge is -2.58. The summed E-state index contributed by atoms with van der Waals surface area (Å²) in [5.74, 6) is -0.743. The van der Waals surface area contributed by atoms with Gasteiger partial charge in [-0.15, -0.1) is 0 Å². The van der Waals surface area contributed by atoms with Crippen molar-refractivity contribution in [3.05, 3.63) is 0 Å². The molecule has 0 aliphatic heterocycles. The number of hydrogen-bond acceptors (Lipinski definition) is 3. The molecular weight excluding hydrogens is 258 g/mol. The van der Waals surface area contributed by atoms with Gasteiger partial charge in [0.25, 0.3) is 0 Å². The lowest BCUT2D eigenvalue weighted by molar-refractivity contribution is -0.194. The van der Waals surface area contributed by atoms with Crippen molar-refractivity contribution in [2.75, 3.05) is 6.61 Å². The highest BCUT2D eigenvalue weighted by molar-refractivity contribution is 5.89. The molecule has 1 amide bonds. The van der Waals surface area contributed by atoms with E-state index in [2.05, 4.69) is 5.32 Å². The Hall–Kier alpha value is -1.10. The molecule has 0 aromatic rings. The van der Waals surface area contributed by atoms with Crippen molar-refractivity contribution in [1.29, 1.82) is 0 Å². The topological polar surface area (TPSA) is 75.6 Å². The molecule has 116 valence electrons. The van der Waals surface area contributed by atoms with E-state index in [1.54, 1.807) is 0 Å². The minimum absolute atomic E-state index is 0.131. The van der Waals surface area contributed by atoms with E-state index in [0.29, 0.717) is 25.4 Å².